The third-order valence-corrected chi connectivity index (χ3v) is 6.65. The van der Waals surface area contributed by atoms with Crippen LogP contribution in [0.5, 0.6) is 0 Å². The Kier molecular flexibility index (Phi) is 5.58. The standard InChI is InChI=1S/C19H28N5O4/c1-5-18(6-2)9-13(10-19(7-3,8-4)24(18)27)22-15-12-20-17(23(25)26)14-11-21-28-16(14)15/h11-13,22H,5-10H2,1-4H3. The van der Waals surface area contributed by atoms with Crippen LogP contribution < -0.4 is 5.32 Å². The molecule has 0 aromatic carbocycles. The molecule has 0 saturated carbocycles. The summed E-state index contributed by atoms with van der Waals surface area (Å²) in [7, 11) is 0. The molecule has 0 atom stereocenters. The molecule has 9 heteroatoms. The van der Waals surface area contributed by atoms with Crippen molar-refractivity contribution in [2.45, 2.75) is 83.3 Å². The summed E-state index contributed by atoms with van der Waals surface area (Å²) in [6, 6.07) is 0.0292. The Bertz CT molecular complexity index is 822. The Labute approximate surface area is 164 Å². The topological polar surface area (TPSA) is 117 Å². The van der Waals surface area contributed by atoms with Crippen LogP contribution in [0, 0.1) is 10.1 Å². The van der Waals surface area contributed by atoms with Gasteiger partial charge in [0, 0.05) is 6.04 Å². The maximum atomic E-state index is 13.4. The van der Waals surface area contributed by atoms with Gasteiger partial charge in [-0.3, -0.25) is 0 Å². The van der Waals surface area contributed by atoms with Gasteiger partial charge in [0.1, 0.15) is 11.1 Å². The van der Waals surface area contributed by atoms with E-state index in [0.29, 0.717) is 24.1 Å². The molecule has 2 aromatic rings. The lowest BCUT2D eigenvalue weighted by Gasteiger charge is -2.55. The largest absolute Gasteiger partial charge is 0.376 e. The van der Waals surface area contributed by atoms with E-state index < -0.39 is 16.0 Å². The highest BCUT2D eigenvalue weighted by Gasteiger charge is 2.52. The summed E-state index contributed by atoms with van der Waals surface area (Å²) in [4.78, 5) is 14.6. The number of aromatic nitrogens is 2. The van der Waals surface area contributed by atoms with Crippen LogP contribution in [-0.4, -0.2) is 37.2 Å². The highest BCUT2D eigenvalue weighted by molar-refractivity contribution is 5.93. The maximum absolute atomic E-state index is 13.4. The Morgan fingerprint density at radius 1 is 1.18 bits per heavy atom. The van der Waals surface area contributed by atoms with E-state index in [4.69, 9.17) is 4.52 Å². The Balaban J connectivity index is 1.98. The van der Waals surface area contributed by atoms with E-state index in [1.165, 1.54) is 17.5 Å². The first-order chi connectivity index (χ1) is 13.4. The molecular weight excluding hydrogens is 362 g/mol. The van der Waals surface area contributed by atoms with Crippen LogP contribution in [0.3, 0.4) is 0 Å². The number of hydrogen-bond donors (Lipinski definition) is 1. The molecule has 0 unspecified atom stereocenters. The number of rotatable bonds is 7. The second-order valence-corrected chi connectivity index (χ2v) is 7.73. The van der Waals surface area contributed by atoms with Crippen molar-refractivity contribution in [3.8, 4) is 0 Å². The minimum atomic E-state index is -0.544. The zero-order chi connectivity index (χ0) is 20.5. The monoisotopic (exact) mass is 390 g/mol. The lowest BCUT2D eigenvalue weighted by molar-refractivity contribution is -0.387. The molecule has 1 fully saturated rings. The average Bonchev–Trinajstić information content (AvgIpc) is 3.19. The van der Waals surface area contributed by atoms with Crippen molar-refractivity contribution in [2.75, 3.05) is 5.32 Å². The number of hydroxylamine groups is 2. The third kappa shape index (κ3) is 3.12. The normalized spacial score (nSPS) is 19.8. The summed E-state index contributed by atoms with van der Waals surface area (Å²) >= 11 is 0. The summed E-state index contributed by atoms with van der Waals surface area (Å²) in [6.07, 6.45) is 7.19. The van der Waals surface area contributed by atoms with Crippen LogP contribution >= 0.6 is 0 Å². The molecule has 1 saturated heterocycles. The predicted octanol–water partition coefficient (Wildman–Crippen LogP) is 4.47. The summed E-state index contributed by atoms with van der Waals surface area (Å²) in [6.45, 7) is 8.26. The SMILES string of the molecule is CCC1(CC)CC(Nc2cnc([N+](=O)[O-])c3cnoc23)CC(CC)(CC)N1[O]. The lowest BCUT2D eigenvalue weighted by Crippen LogP contribution is -2.64. The molecule has 0 amide bonds. The highest BCUT2D eigenvalue weighted by atomic mass is 16.6. The van der Waals surface area contributed by atoms with Crippen LogP contribution in [0.1, 0.15) is 66.2 Å². The highest BCUT2D eigenvalue weighted by Crippen LogP contribution is 2.46. The van der Waals surface area contributed by atoms with E-state index in [0.717, 1.165) is 25.7 Å². The molecule has 3 heterocycles. The quantitative estimate of drug-likeness (QED) is 0.547. The van der Waals surface area contributed by atoms with Crippen molar-refractivity contribution in [3.05, 3.63) is 22.5 Å². The van der Waals surface area contributed by atoms with Crippen LogP contribution in [0.2, 0.25) is 0 Å². The molecule has 0 bridgehead atoms. The van der Waals surface area contributed by atoms with Crippen LogP contribution in [-0.2, 0) is 5.21 Å². The van der Waals surface area contributed by atoms with E-state index >= 15 is 0 Å². The van der Waals surface area contributed by atoms with Gasteiger partial charge in [0.2, 0.25) is 5.58 Å². The van der Waals surface area contributed by atoms with Gasteiger partial charge < -0.3 is 20.0 Å². The minimum Gasteiger partial charge on any atom is -0.376 e. The molecule has 1 N–H and O–H groups in total. The fourth-order valence-corrected chi connectivity index (χ4v) is 4.73. The van der Waals surface area contributed by atoms with Gasteiger partial charge in [-0.15, -0.1) is 10.3 Å². The van der Waals surface area contributed by atoms with Gasteiger partial charge in [-0.1, -0.05) is 32.9 Å². The molecule has 153 valence electrons. The molecule has 28 heavy (non-hydrogen) atoms. The first kappa shape index (κ1) is 20.5. The van der Waals surface area contributed by atoms with Crippen molar-refractivity contribution < 1.29 is 14.7 Å². The van der Waals surface area contributed by atoms with Crippen LogP contribution in [0.15, 0.2) is 16.9 Å². The van der Waals surface area contributed by atoms with E-state index in [2.05, 4.69) is 43.2 Å². The van der Waals surface area contributed by atoms with Gasteiger partial charge in [-0.25, -0.2) is 0 Å². The third-order valence-electron chi connectivity index (χ3n) is 6.65. The summed E-state index contributed by atoms with van der Waals surface area (Å²) in [5, 5.41) is 33.4. The summed E-state index contributed by atoms with van der Waals surface area (Å²) < 4.78 is 5.28. The Morgan fingerprint density at radius 2 is 1.75 bits per heavy atom. The van der Waals surface area contributed by atoms with Gasteiger partial charge >= 0.3 is 5.82 Å². The van der Waals surface area contributed by atoms with E-state index in [1.807, 2.05) is 0 Å². The number of nitrogens with zero attached hydrogens (tertiary/aromatic N) is 4. The zero-order valence-electron chi connectivity index (χ0n) is 16.9. The first-order valence-corrected chi connectivity index (χ1v) is 9.98. The van der Waals surface area contributed by atoms with Crippen molar-refractivity contribution in [1.82, 2.24) is 15.2 Å². The van der Waals surface area contributed by atoms with Crippen molar-refractivity contribution in [3.63, 3.8) is 0 Å². The van der Waals surface area contributed by atoms with Crippen molar-refractivity contribution >= 4 is 22.5 Å². The average molecular weight is 390 g/mol. The van der Waals surface area contributed by atoms with Crippen LogP contribution in [0.4, 0.5) is 11.5 Å². The number of nitrogens with one attached hydrogen (secondary N) is 1. The van der Waals surface area contributed by atoms with Gasteiger partial charge in [0.15, 0.2) is 6.20 Å². The number of piperidine rings is 1. The summed E-state index contributed by atoms with van der Waals surface area (Å²) in [5.41, 5.74) is 0.0287. The van der Waals surface area contributed by atoms with E-state index in [-0.39, 0.29) is 17.2 Å². The molecule has 3 rings (SSSR count). The smallest absolute Gasteiger partial charge is 0.376 e. The van der Waals surface area contributed by atoms with Gasteiger partial charge in [-0.2, -0.15) is 0 Å². The van der Waals surface area contributed by atoms with Crippen LogP contribution in [0.25, 0.3) is 11.0 Å². The fraction of sp³-hybridized carbons (Fsp3) is 0.684. The van der Waals surface area contributed by atoms with Gasteiger partial charge in [0.25, 0.3) is 0 Å². The second kappa shape index (κ2) is 7.63. The number of fused-ring (bicyclic) bond motifs is 1. The Morgan fingerprint density at radius 3 is 2.25 bits per heavy atom. The second-order valence-electron chi connectivity index (χ2n) is 7.73. The zero-order valence-corrected chi connectivity index (χ0v) is 16.9. The molecule has 1 aliphatic heterocycles. The number of nitro groups is 1. The maximum Gasteiger partial charge on any atom is 0.376 e. The molecule has 0 aliphatic carbocycles. The Hall–Kier alpha value is -2.26. The predicted molar refractivity (Wildman–Crippen MR) is 104 cm³/mol. The first-order valence-electron chi connectivity index (χ1n) is 9.98. The molecule has 1 aliphatic rings. The number of hydrogen-bond acceptors (Lipinski definition) is 7. The number of anilines is 1. The minimum absolute atomic E-state index is 0.0292. The van der Waals surface area contributed by atoms with E-state index in [9.17, 15) is 15.3 Å². The number of pyridine rings is 1. The molecule has 2 aromatic heterocycles. The van der Waals surface area contributed by atoms with Gasteiger partial charge in [-0.05, 0) is 48.4 Å². The van der Waals surface area contributed by atoms with Crippen molar-refractivity contribution in [2.24, 2.45) is 0 Å². The van der Waals surface area contributed by atoms with Crippen molar-refractivity contribution in [1.29, 1.82) is 0 Å². The fourth-order valence-electron chi connectivity index (χ4n) is 4.73. The lowest BCUT2D eigenvalue weighted by atomic mass is 9.71. The molecule has 0 spiro atoms. The molecule has 1 radical (unpaired) electrons. The van der Waals surface area contributed by atoms with Gasteiger partial charge in [0.05, 0.1) is 17.3 Å². The molecule has 9 nitrogen and oxygen atoms in total. The molecular formula is C19H28N5O4. The summed E-state index contributed by atoms with van der Waals surface area (Å²) in [5.74, 6) is -0.274. The van der Waals surface area contributed by atoms with E-state index in [1.54, 1.807) is 0 Å².